The van der Waals surface area contributed by atoms with E-state index in [1.807, 2.05) is 24.8 Å². The third kappa shape index (κ3) is 5.83. The number of hydrogen-bond acceptors (Lipinski definition) is 4. The summed E-state index contributed by atoms with van der Waals surface area (Å²) in [6.45, 7) is 6.34. The van der Waals surface area contributed by atoms with Crippen molar-refractivity contribution in [3.05, 3.63) is 29.8 Å². The Balaban J connectivity index is 2.66. The highest BCUT2D eigenvalue weighted by Gasteiger charge is 2.13. The molecule has 2 atom stereocenters. The van der Waals surface area contributed by atoms with E-state index in [4.69, 9.17) is 5.14 Å². The number of sulfonamides is 1. The highest BCUT2D eigenvalue weighted by atomic mass is 32.2. The number of benzene rings is 1. The molecular formula is C14H24N2O2S2. The van der Waals surface area contributed by atoms with E-state index in [2.05, 4.69) is 19.2 Å². The highest BCUT2D eigenvalue weighted by molar-refractivity contribution is 7.99. The smallest absolute Gasteiger partial charge is 0.238 e. The third-order valence-electron chi connectivity index (χ3n) is 3.12. The summed E-state index contributed by atoms with van der Waals surface area (Å²) < 4.78 is 22.7. The lowest BCUT2D eigenvalue weighted by atomic mass is 10.1. The molecular weight excluding hydrogens is 292 g/mol. The molecule has 0 fully saturated rings. The van der Waals surface area contributed by atoms with Gasteiger partial charge in [-0.2, -0.15) is 11.8 Å². The van der Waals surface area contributed by atoms with E-state index >= 15 is 0 Å². The molecule has 0 aromatic heterocycles. The Bertz CT molecular complexity index is 518. The molecule has 0 bridgehead atoms. The summed E-state index contributed by atoms with van der Waals surface area (Å²) in [6, 6.07) is 7.29. The van der Waals surface area contributed by atoms with Crippen molar-refractivity contribution >= 4 is 21.8 Å². The molecule has 1 rings (SSSR count). The van der Waals surface area contributed by atoms with E-state index in [0.717, 1.165) is 23.5 Å². The van der Waals surface area contributed by atoms with E-state index < -0.39 is 10.0 Å². The average Bonchev–Trinajstić information content (AvgIpc) is 2.38. The molecule has 4 nitrogen and oxygen atoms in total. The van der Waals surface area contributed by atoms with Crippen LogP contribution in [0.2, 0.25) is 0 Å². The van der Waals surface area contributed by atoms with Crippen molar-refractivity contribution in [3.63, 3.8) is 0 Å². The third-order valence-corrected chi connectivity index (χ3v) is 4.96. The van der Waals surface area contributed by atoms with Crippen LogP contribution in [0.15, 0.2) is 29.2 Å². The van der Waals surface area contributed by atoms with Crippen LogP contribution in [0.25, 0.3) is 0 Å². The van der Waals surface area contributed by atoms with Gasteiger partial charge in [-0.3, -0.25) is 0 Å². The van der Waals surface area contributed by atoms with Crippen LogP contribution in [-0.4, -0.2) is 26.0 Å². The fourth-order valence-electron chi connectivity index (χ4n) is 1.97. The predicted octanol–water partition coefficient (Wildman–Crippen LogP) is 2.52. The first-order chi connectivity index (χ1) is 9.34. The van der Waals surface area contributed by atoms with Gasteiger partial charge in [0.15, 0.2) is 0 Å². The Kier molecular flexibility index (Phi) is 7.02. The fourth-order valence-corrected chi connectivity index (χ4v) is 3.35. The molecule has 2 unspecified atom stereocenters. The van der Waals surface area contributed by atoms with E-state index in [-0.39, 0.29) is 10.9 Å². The molecule has 0 aliphatic rings. The predicted molar refractivity (Wildman–Crippen MR) is 86.4 cm³/mol. The second kappa shape index (κ2) is 8.02. The highest BCUT2D eigenvalue weighted by Crippen LogP contribution is 2.18. The minimum Gasteiger partial charge on any atom is -0.308 e. The molecule has 0 spiro atoms. The van der Waals surface area contributed by atoms with Crippen LogP contribution in [0.4, 0.5) is 0 Å². The van der Waals surface area contributed by atoms with Crippen molar-refractivity contribution in [3.8, 4) is 0 Å². The lowest BCUT2D eigenvalue weighted by molar-refractivity contribution is 0.471. The van der Waals surface area contributed by atoms with Gasteiger partial charge in [-0.1, -0.05) is 19.1 Å². The zero-order valence-corrected chi connectivity index (χ0v) is 13.9. The second-order valence-corrected chi connectivity index (χ2v) is 7.85. The number of hydrogen-bond donors (Lipinski definition) is 2. The van der Waals surface area contributed by atoms with Crippen LogP contribution < -0.4 is 10.5 Å². The number of primary sulfonamides is 1. The first-order valence-electron chi connectivity index (χ1n) is 6.81. The van der Waals surface area contributed by atoms with Crippen molar-refractivity contribution < 1.29 is 8.42 Å². The van der Waals surface area contributed by atoms with Crippen molar-refractivity contribution in [1.29, 1.82) is 0 Å². The van der Waals surface area contributed by atoms with Crippen LogP contribution in [0.3, 0.4) is 0 Å². The van der Waals surface area contributed by atoms with Gasteiger partial charge in [-0.25, -0.2) is 13.6 Å². The molecule has 0 saturated carbocycles. The van der Waals surface area contributed by atoms with Crippen molar-refractivity contribution in [2.24, 2.45) is 5.14 Å². The SMILES string of the molecule is CCSCCC(C)NC(C)c1cccc(S(N)(=O)=O)c1. The molecule has 1 aromatic rings. The Morgan fingerprint density at radius 1 is 1.35 bits per heavy atom. The number of nitrogens with one attached hydrogen (secondary N) is 1. The zero-order valence-electron chi connectivity index (χ0n) is 12.3. The summed E-state index contributed by atoms with van der Waals surface area (Å²) in [4.78, 5) is 0.165. The molecule has 20 heavy (non-hydrogen) atoms. The lowest BCUT2D eigenvalue weighted by Crippen LogP contribution is -2.29. The van der Waals surface area contributed by atoms with Crippen molar-refractivity contribution in [2.45, 2.75) is 44.2 Å². The standard InChI is InChI=1S/C14H24N2O2S2/c1-4-19-9-8-11(2)16-12(3)13-6-5-7-14(10-13)20(15,17)18/h5-7,10-12,16H,4,8-9H2,1-3H3,(H2,15,17,18). The van der Waals surface area contributed by atoms with E-state index in [1.54, 1.807) is 12.1 Å². The summed E-state index contributed by atoms with van der Waals surface area (Å²) >= 11 is 1.93. The molecule has 114 valence electrons. The van der Waals surface area contributed by atoms with Crippen LogP contribution in [-0.2, 0) is 10.0 Å². The van der Waals surface area contributed by atoms with Crippen LogP contribution in [0.1, 0.15) is 38.8 Å². The van der Waals surface area contributed by atoms with E-state index in [9.17, 15) is 8.42 Å². The molecule has 0 amide bonds. The number of nitrogens with two attached hydrogens (primary N) is 1. The Morgan fingerprint density at radius 3 is 2.65 bits per heavy atom. The maximum atomic E-state index is 11.4. The second-order valence-electron chi connectivity index (χ2n) is 4.89. The fraction of sp³-hybridized carbons (Fsp3) is 0.571. The zero-order chi connectivity index (χ0) is 15.2. The van der Waals surface area contributed by atoms with Gasteiger partial charge in [0, 0.05) is 12.1 Å². The average molecular weight is 316 g/mol. The normalized spacial score (nSPS) is 15.0. The van der Waals surface area contributed by atoms with Crippen LogP contribution in [0, 0.1) is 0 Å². The van der Waals surface area contributed by atoms with Gasteiger partial charge < -0.3 is 5.32 Å². The van der Waals surface area contributed by atoms with Gasteiger partial charge >= 0.3 is 0 Å². The molecule has 0 radical (unpaired) electrons. The molecule has 6 heteroatoms. The minimum absolute atomic E-state index is 0.0957. The summed E-state index contributed by atoms with van der Waals surface area (Å²) in [5.41, 5.74) is 0.937. The van der Waals surface area contributed by atoms with Gasteiger partial charge in [0.2, 0.25) is 10.0 Å². The monoisotopic (exact) mass is 316 g/mol. The van der Waals surface area contributed by atoms with Gasteiger partial charge in [0.05, 0.1) is 4.90 Å². The van der Waals surface area contributed by atoms with E-state index in [1.165, 1.54) is 6.07 Å². The molecule has 0 saturated heterocycles. The maximum Gasteiger partial charge on any atom is 0.238 e. The minimum atomic E-state index is -3.64. The van der Waals surface area contributed by atoms with Crippen LogP contribution in [0.5, 0.6) is 0 Å². The largest absolute Gasteiger partial charge is 0.308 e. The number of thioether (sulfide) groups is 1. The molecule has 1 aromatic carbocycles. The van der Waals surface area contributed by atoms with E-state index in [0.29, 0.717) is 6.04 Å². The molecule has 0 heterocycles. The Morgan fingerprint density at radius 2 is 2.05 bits per heavy atom. The van der Waals surface area contributed by atoms with Gasteiger partial charge in [0.1, 0.15) is 0 Å². The topological polar surface area (TPSA) is 72.2 Å². The summed E-state index contributed by atoms with van der Waals surface area (Å²) in [6.07, 6.45) is 1.09. The van der Waals surface area contributed by atoms with Crippen molar-refractivity contribution in [2.75, 3.05) is 11.5 Å². The Labute approximate surface area is 126 Å². The molecule has 0 aliphatic carbocycles. The first kappa shape index (κ1) is 17.5. The summed E-state index contributed by atoms with van der Waals surface area (Å²) in [7, 11) is -3.64. The maximum absolute atomic E-state index is 11.4. The van der Waals surface area contributed by atoms with Gasteiger partial charge in [-0.05, 0) is 49.5 Å². The molecule has 3 N–H and O–H groups in total. The summed E-state index contributed by atoms with van der Waals surface area (Å²) in [5.74, 6) is 2.27. The quantitative estimate of drug-likeness (QED) is 0.723. The lowest BCUT2D eigenvalue weighted by Gasteiger charge is -2.20. The van der Waals surface area contributed by atoms with Crippen LogP contribution >= 0.6 is 11.8 Å². The van der Waals surface area contributed by atoms with Gasteiger partial charge in [0.25, 0.3) is 0 Å². The number of rotatable bonds is 8. The molecule has 0 aliphatic heterocycles. The first-order valence-corrected chi connectivity index (χ1v) is 9.51. The Hall–Kier alpha value is -0.560. The van der Waals surface area contributed by atoms with Gasteiger partial charge in [-0.15, -0.1) is 0 Å². The summed E-state index contributed by atoms with van der Waals surface area (Å²) in [5, 5.41) is 8.64. The van der Waals surface area contributed by atoms with Crippen molar-refractivity contribution in [1.82, 2.24) is 5.32 Å².